The van der Waals surface area contributed by atoms with Crippen molar-refractivity contribution >= 4 is 31.1 Å². The first kappa shape index (κ1) is 18.7. The van der Waals surface area contributed by atoms with E-state index in [9.17, 15) is 0 Å². The van der Waals surface area contributed by atoms with Crippen LogP contribution < -0.4 is 4.90 Å². The summed E-state index contributed by atoms with van der Waals surface area (Å²) < 4.78 is 8.11. The summed E-state index contributed by atoms with van der Waals surface area (Å²) in [4.78, 5) is 11.8. The van der Waals surface area contributed by atoms with Crippen LogP contribution in [0.1, 0.15) is 37.7 Å². The van der Waals surface area contributed by atoms with Gasteiger partial charge in [-0.25, -0.2) is 4.98 Å². The Balaban J connectivity index is 1.57. The number of hydrogen-bond acceptors (Lipinski definition) is 4. The Morgan fingerprint density at radius 2 is 2.00 bits per heavy atom. The highest BCUT2D eigenvalue weighted by molar-refractivity contribution is 6.76. The molecule has 0 atom stereocenters. The molecule has 0 aromatic carbocycles. The zero-order valence-corrected chi connectivity index (χ0v) is 17.9. The van der Waals surface area contributed by atoms with E-state index < -0.39 is 8.07 Å². The quantitative estimate of drug-likeness (QED) is 0.518. The summed E-state index contributed by atoms with van der Waals surface area (Å²) in [5.74, 6) is 0. The highest BCUT2D eigenvalue weighted by Crippen LogP contribution is 2.36. The summed E-state index contributed by atoms with van der Waals surface area (Å²) in [5, 5.41) is 1.23. The molecular weight excluding hydrogens is 352 g/mol. The number of anilines is 1. The topological polar surface area (TPSA) is 42.6 Å². The van der Waals surface area contributed by atoms with E-state index in [1.165, 1.54) is 54.8 Å². The minimum Gasteiger partial charge on any atom is -0.361 e. The van der Waals surface area contributed by atoms with E-state index in [0.29, 0.717) is 12.8 Å². The normalized spacial score (nSPS) is 18.3. The number of rotatable bonds is 6. The fraction of sp³-hybridized carbons (Fsp3) is 0.619. The van der Waals surface area contributed by atoms with Crippen LogP contribution in [0.4, 0.5) is 5.69 Å². The first-order valence-corrected chi connectivity index (χ1v) is 14.1. The van der Waals surface area contributed by atoms with Crippen LogP contribution in [0.25, 0.3) is 11.0 Å². The van der Waals surface area contributed by atoms with E-state index in [1.54, 1.807) is 0 Å². The Hall–Kier alpha value is -1.66. The average molecular weight is 385 g/mol. The monoisotopic (exact) mass is 384 g/mol. The van der Waals surface area contributed by atoms with Gasteiger partial charge >= 0.3 is 0 Å². The van der Waals surface area contributed by atoms with E-state index >= 15 is 0 Å². The molecule has 5 nitrogen and oxygen atoms in total. The number of aromatic nitrogens is 2. The summed E-state index contributed by atoms with van der Waals surface area (Å²) in [6.45, 7) is 9.31. The Kier molecular flexibility index (Phi) is 5.37. The Bertz CT molecular complexity index is 817. The Morgan fingerprint density at radius 3 is 2.78 bits per heavy atom. The van der Waals surface area contributed by atoms with Gasteiger partial charge < -0.3 is 14.2 Å². The van der Waals surface area contributed by atoms with Crippen molar-refractivity contribution < 1.29 is 4.74 Å². The van der Waals surface area contributed by atoms with Gasteiger partial charge in [-0.15, -0.1) is 0 Å². The zero-order valence-electron chi connectivity index (χ0n) is 16.9. The fourth-order valence-electron chi connectivity index (χ4n) is 4.15. The van der Waals surface area contributed by atoms with Gasteiger partial charge in [0.15, 0.2) is 0 Å². The molecule has 1 aliphatic carbocycles. The van der Waals surface area contributed by atoms with Crippen molar-refractivity contribution in [3.05, 3.63) is 24.0 Å². The number of fused-ring (bicyclic) bond motifs is 3. The third-order valence-electron chi connectivity index (χ3n) is 5.76. The zero-order chi connectivity index (χ0) is 18.9. The van der Waals surface area contributed by atoms with Crippen molar-refractivity contribution in [1.29, 1.82) is 0 Å². The van der Waals surface area contributed by atoms with Crippen LogP contribution in [0.2, 0.25) is 25.7 Å². The molecule has 6 heteroatoms. The fourth-order valence-corrected chi connectivity index (χ4v) is 4.91. The van der Waals surface area contributed by atoms with E-state index in [-0.39, 0.29) is 0 Å². The average Bonchev–Trinajstić information content (AvgIpc) is 3.08. The number of nitrogens with zero attached hydrogens (tertiary/aromatic N) is 4. The molecule has 1 saturated carbocycles. The van der Waals surface area contributed by atoms with Gasteiger partial charge in [0.1, 0.15) is 12.4 Å². The van der Waals surface area contributed by atoms with Gasteiger partial charge in [-0.3, -0.25) is 4.99 Å². The van der Waals surface area contributed by atoms with E-state index in [2.05, 4.69) is 52.7 Å². The second-order valence-electron chi connectivity index (χ2n) is 9.16. The third-order valence-corrected chi connectivity index (χ3v) is 7.46. The van der Waals surface area contributed by atoms with Crippen molar-refractivity contribution in [2.75, 3.05) is 11.5 Å². The minimum atomic E-state index is -1.05. The maximum Gasteiger partial charge on any atom is 0.143 e. The lowest BCUT2D eigenvalue weighted by Gasteiger charge is -2.36. The highest BCUT2D eigenvalue weighted by Gasteiger charge is 2.26. The smallest absolute Gasteiger partial charge is 0.143 e. The van der Waals surface area contributed by atoms with Crippen LogP contribution in [-0.2, 0) is 18.0 Å². The molecule has 1 aliphatic heterocycles. The van der Waals surface area contributed by atoms with Crippen LogP contribution in [0.5, 0.6) is 0 Å². The summed E-state index contributed by atoms with van der Waals surface area (Å²) >= 11 is 0. The minimum absolute atomic E-state index is 0.573. The predicted molar refractivity (Wildman–Crippen MR) is 115 cm³/mol. The molecule has 27 heavy (non-hydrogen) atoms. The van der Waals surface area contributed by atoms with Gasteiger partial charge in [0.2, 0.25) is 0 Å². The van der Waals surface area contributed by atoms with Crippen LogP contribution in [-0.4, -0.2) is 36.6 Å². The molecule has 0 bridgehead atoms. The summed E-state index contributed by atoms with van der Waals surface area (Å²) in [5.41, 5.74) is 3.59. The lowest BCUT2D eigenvalue weighted by Crippen LogP contribution is -2.38. The summed E-state index contributed by atoms with van der Waals surface area (Å²) in [6, 6.07) is 3.97. The van der Waals surface area contributed by atoms with Crippen LogP contribution in [0, 0.1) is 0 Å². The van der Waals surface area contributed by atoms with Gasteiger partial charge in [-0.2, -0.15) is 0 Å². The van der Waals surface area contributed by atoms with Crippen molar-refractivity contribution in [2.45, 2.75) is 77.1 Å². The second-order valence-corrected chi connectivity index (χ2v) is 14.8. The Labute approximate surface area is 163 Å². The van der Waals surface area contributed by atoms with E-state index in [0.717, 1.165) is 18.8 Å². The van der Waals surface area contributed by atoms with Crippen molar-refractivity contribution in [2.24, 2.45) is 4.99 Å². The van der Waals surface area contributed by atoms with Crippen LogP contribution in [0.3, 0.4) is 0 Å². The molecule has 3 heterocycles. The third kappa shape index (κ3) is 4.11. The molecule has 0 amide bonds. The SMILES string of the molecule is C[Si](C)(C)CCOCn1ccc2c3c(cnc21)CN=CN3C1CCCCC1. The molecule has 4 rings (SSSR count). The van der Waals surface area contributed by atoms with Crippen molar-refractivity contribution in [1.82, 2.24) is 9.55 Å². The highest BCUT2D eigenvalue weighted by atomic mass is 28.3. The molecule has 2 aromatic heterocycles. The van der Waals surface area contributed by atoms with Crippen molar-refractivity contribution in [3.8, 4) is 0 Å². The van der Waals surface area contributed by atoms with Gasteiger partial charge in [-0.05, 0) is 25.0 Å². The molecular formula is C21H32N4OSi. The summed E-state index contributed by atoms with van der Waals surface area (Å²) in [6.07, 6.45) is 12.7. The molecule has 0 unspecified atom stereocenters. The number of pyridine rings is 1. The molecule has 0 spiro atoms. The van der Waals surface area contributed by atoms with Gasteiger partial charge in [0.05, 0.1) is 18.6 Å². The first-order chi connectivity index (χ1) is 13.0. The standard InChI is InChI=1S/C21H32N4OSi/c1-27(2,3)12-11-26-16-24-10-9-19-20-17(14-23-21(19)24)13-22-15-25(20)18-7-5-4-6-8-18/h9-10,14-15,18H,4-8,11-13,16H2,1-3H3. The second kappa shape index (κ2) is 7.76. The lowest BCUT2D eigenvalue weighted by molar-refractivity contribution is 0.0899. The van der Waals surface area contributed by atoms with E-state index in [1.807, 2.05) is 6.20 Å². The molecule has 2 aliphatic rings. The molecule has 0 N–H and O–H groups in total. The lowest BCUT2D eigenvalue weighted by atomic mass is 9.93. The predicted octanol–water partition coefficient (Wildman–Crippen LogP) is 5.03. The van der Waals surface area contributed by atoms with E-state index in [4.69, 9.17) is 9.72 Å². The maximum absolute atomic E-state index is 5.97. The molecule has 2 aromatic rings. The number of ether oxygens (including phenoxy) is 1. The van der Waals surface area contributed by atoms with Gasteiger partial charge in [0.25, 0.3) is 0 Å². The molecule has 146 valence electrons. The van der Waals surface area contributed by atoms with Crippen LogP contribution >= 0.6 is 0 Å². The first-order valence-electron chi connectivity index (χ1n) is 10.4. The molecule has 0 saturated heterocycles. The largest absolute Gasteiger partial charge is 0.361 e. The van der Waals surface area contributed by atoms with Gasteiger partial charge in [-0.1, -0.05) is 38.9 Å². The maximum atomic E-state index is 5.97. The van der Waals surface area contributed by atoms with Crippen molar-refractivity contribution in [3.63, 3.8) is 0 Å². The van der Waals surface area contributed by atoms with Gasteiger partial charge in [0, 0.05) is 44.1 Å². The molecule has 0 radical (unpaired) electrons. The number of hydrogen-bond donors (Lipinski definition) is 0. The number of aliphatic imine (C=N–C) groups is 1. The molecule has 1 fully saturated rings. The summed E-state index contributed by atoms with van der Waals surface area (Å²) in [7, 11) is -1.05. The van der Waals surface area contributed by atoms with Crippen LogP contribution in [0.15, 0.2) is 23.5 Å². The Morgan fingerprint density at radius 1 is 1.19 bits per heavy atom.